The maximum atomic E-state index is 12.5. The van der Waals surface area contributed by atoms with Gasteiger partial charge < -0.3 is 10.4 Å². The number of hydrogen-bond donors (Lipinski definition) is 2. The van der Waals surface area contributed by atoms with E-state index < -0.39 is 32.9 Å². The van der Waals surface area contributed by atoms with Crippen LogP contribution in [-0.4, -0.2) is 47.8 Å². The van der Waals surface area contributed by atoms with Gasteiger partial charge >= 0.3 is 0 Å². The summed E-state index contributed by atoms with van der Waals surface area (Å²) >= 11 is 5.93. The highest BCUT2D eigenvalue weighted by Crippen LogP contribution is 2.22. The molecule has 1 aromatic carbocycles. The largest absolute Gasteiger partial charge is 0.501 e. The van der Waals surface area contributed by atoms with E-state index in [1.807, 2.05) is 6.07 Å². The first kappa shape index (κ1) is 21.1. The van der Waals surface area contributed by atoms with E-state index in [2.05, 4.69) is 10.3 Å². The number of rotatable bonds is 5. The van der Waals surface area contributed by atoms with E-state index in [4.69, 9.17) is 11.6 Å². The predicted molar refractivity (Wildman–Crippen MR) is 109 cm³/mol. The fraction of sp³-hybridized carbons (Fsp3) is 0.389. The van der Waals surface area contributed by atoms with Crippen LogP contribution in [0.4, 0.5) is 5.95 Å². The molecule has 11 heteroatoms. The third kappa shape index (κ3) is 4.54. The summed E-state index contributed by atoms with van der Waals surface area (Å²) in [5.74, 6) is -1.85. The van der Waals surface area contributed by atoms with E-state index in [1.54, 1.807) is 18.2 Å². The summed E-state index contributed by atoms with van der Waals surface area (Å²) in [7, 11) is -2.34. The molecule has 9 nitrogen and oxygen atoms in total. The predicted octanol–water partition coefficient (Wildman–Crippen LogP) is 1.04. The molecule has 1 saturated heterocycles. The van der Waals surface area contributed by atoms with Gasteiger partial charge in [0.1, 0.15) is 0 Å². The smallest absolute Gasteiger partial charge is 0.297 e. The number of nitrogens with zero attached hydrogens (tertiary/aromatic N) is 3. The topological polar surface area (TPSA) is 122 Å². The molecule has 0 radical (unpaired) electrons. The summed E-state index contributed by atoms with van der Waals surface area (Å²) in [4.78, 5) is 28.9. The van der Waals surface area contributed by atoms with Gasteiger partial charge in [-0.3, -0.25) is 14.2 Å². The summed E-state index contributed by atoms with van der Waals surface area (Å²) in [5, 5.41) is 13.3. The number of hydrogen-bond acceptors (Lipinski definition) is 6. The van der Waals surface area contributed by atoms with Gasteiger partial charge in [-0.25, -0.2) is 17.7 Å². The highest BCUT2D eigenvalue weighted by molar-refractivity contribution is 7.92. The maximum absolute atomic E-state index is 12.5. The Morgan fingerprint density at radius 1 is 1.34 bits per heavy atom. The van der Waals surface area contributed by atoms with Gasteiger partial charge in [-0.2, -0.15) is 0 Å². The minimum atomic E-state index is -3.64. The first-order chi connectivity index (χ1) is 13.7. The molecule has 0 spiro atoms. The monoisotopic (exact) mass is 440 g/mol. The lowest BCUT2D eigenvalue weighted by atomic mass is 10.1. The lowest BCUT2D eigenvalue weighted by molar-refractivity contribution is 0.0945. The number of amides is 1. The molecular weight excluding hydrogens is 420 g/mol. The summed E-state index contributed by atoms with van der Waals surface area (Å²) in [6.45, 7) is 0.371. The lowest BCUT2D eigenvalue weighted by Gasteiger charge is -2.28. The van der Waals surface area contributed by atoms with Crippen LogP contribution >= 0.6 is 11.6 Å². The Morgan fingerprint density at radius 2 is 2.10 bits per heavy atom. The molecule has 0 atom stereocenters. The van der Waals surface area contributed by atoms with Crippen molar-refractivity contribution >= 4 is 33.5 Å². The molecule has 156 valence electrons. The van der Waals surface area contributed by atoms with Crippen LogP contribution < -0.4 is 15.2 Å². The lowest BCUT2D eigenvalue weighted by Crippen LogP contribution is -2.42. The Hall–Kier alpha value is -2.59. The number of sulfonamides is 1. The fourth-order valence-corrected chi connectivity index (χ4v) is 4.89. The second-order valence-corrected chi connectivity index (χ2v) is 9.15. The summed E-state index contributed by atoms with van der Waals surface area (Å²) in [5.41, 5.74) is -0.496. The molecule has 0 saturated carbocycles. The van der Waals surface area contributed by atoms with Crippen LogP contribution in [0.3, 0.4) is 0 Å². The van der Waals surface area contributed by atoms with Crippen molar-refractivity contribution in [2.75, 3.05) is 23.1 Å². The maximum Gasteiger partial charge on any atom is 0.297 e. The number of nitrogens with one attached hydrogen (secondary N) is 1. The van der Waals surface area contributed by atoms with Crippen molar-refractivity contribution in [2.24, 2.45) is 7.05 Å². The van der Waals surface area contributed by atoms with Crippen LogP contribution in [0.5, 0.6) is 5.75 Å². The highest BCUT2D eigenvalue weighted by atomic mass is 35.5. The summed E-state index contributed by atoms with van der Waals surface area (Å²) < 4.78 is 26.7. The molecule has 2 N–H and O–H groups in total. The van der Waals surface area contributed by atoms with E-state index in [9.17, 15) is 23.1 Å². The van der Waals surface area contributed by atoms with E-state index >= 15 is 0 Å². The number of benzene rings is 1. The molecular formula is C18H21ClN4O5S. The van der Waals surface area contributed by atoms with Crippen molar-refractivity contribution in [1.82, 2.24) is 14.9 Å². The van der Waals surface area contributed by atoms with Crippen molar-refractivity contribution < 1.29 is 18.3 Å². The third-order valence-electron chi connectivity index (χ3n) is 4.62. The van der Waals surface area contributed by atoms with Gasteiger partial charge in [0.05, 0.1) is 5.75 Å². The molecule has 2 heterocycles. The second kappa shape index (κ2) is 8.42. The molecule has 1 fully saturated rings. The zero-order valence-corrected chi connectivity index (χ0v) is 17.3. The fourth-order valence-electron chi connectivity index (χ4n) is 3.07. The number of aromatic nitrogens is 2. The van der Waals surface area contributed by atoms with Crippen molar-refractivity contribution in [1.29, 1.82) is 0 Å². The quantitative estimate of drug-likeness (QED) is 0.716. The van der Waals surface area contributed by atoms with Gasteiger partial charge in [0, 0.05) is 25.2 Å². The molecule has 29 heavy (non-hydrogen) atoms. The van der Waals surface area contributed by atoms with E-state index in [0.29, 0.717) is 24.3 Å². The van der Waals surface area contributed by atoms with Gasteiger partial charge in [0.2, 0.25) is 21.7 Å². The van der Waals surface area contributed by atoms with Crippen molar-refractivity contribution in [3.63, 3.8) is 0 Å². The van der Waals surface area contributed by atoms with Gasteiger partial charge in [0.15, 0.2) is 5.69 Å². The Kier molecular flexibility index (Phi) is 6.13. The Bertz CT molecular complexity index is 1100. The summed E-state index contributed by atoms with van der Waals surface area (Å²) in [6.07, 6.45) is 1.60. The Morgan fingerprint density at radius 3 is 2.79 bits per heavy atom. The zero-order valence-electron chi connectivity index (χ0n) is 15.8. The number of aromatic hydroxyl groups is 1. The molecule has 0 bridgehead atoms. The molecule has 3 rings (SSSR count). The van der Waals surface area contributed by atoms with Crippen molar-refractivity contribution in [3.8, 4) is 5.75 Å². The minimum absolute atomic E-state index is 0.0646. The third-order valence-corrected chi connectivity index (χ3v) is 6.68. The number of carbonyl (C=O) groups is 1. The van der Waals surface area contributed by atoms with Crippen LogP contribution in [0.2, 0.25) is 5.02 Å². The molecule has 1 aliphatic rings. The molecule has 0 aliphatic carbocycles. The molecule has 1 aliphatic heterocycles. The summed E-state index contributed by atoms with van der Waals surface area (Å²) in [6, 6.07) is 7.15. The average Bonchev–Trinajstić information content (AvgIpc) is 2.67. The normalized spacial score (nSPS) is 15.9. The number of anilines is 1. The Balaban J connectivity index is 1.84. The van der Waals surface area contributed by atoms with Crippen LogP contribution in [0.25, 0.3) is 0 Å². The molecule has 1 amide bonds. The SMILES string of the molecule is Cn1c(N2CCCCS2(=O)=O)nc(C(=O)NCCc2cccc(Cl)c2)c(O)c1=O. The van der Waals surface area contributed by atoms with Crippen molar-refractivity contribution in [3.05, 3.63) is 50.9 Å². The van der Waals surface area contributed by atoms with Crippen LogP contribution in [-0.2, 0) is 23.5 Å². The van der Waals surface area contributed by atoms with Gasteiger partial charge in [0.25, 0.3) is 11.5 Å². The number of carbonyl (C=O) groups excluding carboxylic acids is 1. The van der Waals surface area contributed by atoms with E-state index in [-0.39, 0.29) is 24.8 Å². The van der Waals surface area contributed by atoms with Gasteiger partial charge in [-0.05, 0) is 37.0 Å². The Labute approximate surface area is 173 Å². The highest BCUT2D eigenvalue weighted by Gasteiger charge is 2.31. The van der Waals surface area contributed by atoms with E-state index in [1.165, 1.54) is 7.05 Å². The first-order valence-corrected chi connectivity index (χ1v) is 11.0. The molecule has 2 aromatic rings. The van der Waals surface area contributed by atoms with E-state index in [0.717, 1.165) is 14.4 Å². The second-order valence-electron chi connectivity index (χ2n) is 6.70. The van der Waals surface area contributed by atoms with Gasteiger partial charge in [-0.15, -0.1) is 0 Å². The average molecular weight is 441 g/mol. The van der Waals surface area contributed by atoms with Gasteiger partial charge in [-0.1, -0.05) is 23.7 Å². The molecule has 1 aromatic heterocycles. The van der Waals surface area contributed by atoms with Crippen LogP contribution in [0.1, 0.15) is 28.9 Å². The van der Waals surface area contributed by atoms with Crippen LogP contribution in [0, 0.1) is 0 Å². The van der Waals surface area contributed by atoms with Crippen molar-refractivity contribution in [2.45, 2.75) is 19.3 Å². The molecule has 0 unspecified atom stereocenters. The standard InChI is InChI=1S/C18H21ClN4O5S/c1-22-17(26)15(24)14(21-18(22)23-9-2-3-10-29(23,27)28)16(25)20-8-7-12-5-4-6-13(19)11-12/h4-6,11,24H,2-3,7-10H2,1H3,(H,20,25). The van der Waals surface area contributed by atoms with Crippen LogP contribution in [0.15, 0.2) is 29.1 Å². The minimum Gasteiger partial charge on any atom is -0.501 e. The first-order valence-electron chi connectivity index (χ1n) is 9.04. The number of halogens is 1. The zero-order chi connectivity index (χ0) is 21.2.